The predicted molar refractivity (Wildman–Crippen MR) is 94.4 cm³/mol. The van der Waals surface area contributed by atoms with Gasteiger partial charge in [0.2, 0.25) is 0 Å². The number of hydrogen-bond acceptors (Lipinski definition) is 2. The first-order valence-corrected chi connectivity index (χ1v) is 12.7. The van der Waals surface area contributed by atoms with E-state index in [1.807, 2.05) is 0 Å². The van der Waals surface area contributed by atoms with E-state index < -0.39 is 5.96 Å². The predicted octanol–water partition coefficient (Wildman–Crippen LogP) is 5.70. The van der Waals surface area contributed by atoms with Crippen molar-refractivity contribution in [1.29, 1.82) is 0 Å². The van der Waals surface area contributed by atoms with E-state index in [-0.39, 0.29) is 6.29 Å². The normalized spacial score (nSPS) is 18.6. The van der Waals surface area contributed by atoms with Crippen molar-refractivity contribution in [3.63, 3.8) is 0 Å². The lowest BCUT2D eigenvalue weighted by Crippen LogP contribution is -2.14. The van der Waals surface area contributed by atoms with Gasteiger partial charge in [0, 0.05) is 6.42 Å². The molecule has 0 aromatic carbocycles. The van der Waals surface area contributed by atoms with Crippen molar-refractivity contribution in [2.24, 2.45) is 5.92 Å². The molecule has 0 aliphatic carbocycles. The summed E-state index contributed by atoms with van der Waals surface area (Å²) in [5.41, 5.74) is 0. The molecule has 0 bridgehead atoms. The summed E-state index contributed by atoms with van der Waals surface area (Å²) >= 11 is 4.18. The maximum atomic E-state index is 5.56. The largest absolute Gasteiger partial charge is 0.350 e. The minimum Gasteiger partial charge on any atom is -0.350 e. The molecular formula is C16H33BrO2P+. The van der Waals surface area contributed by atoms with E-state index in [1.165, 1.54) is 50.6 Å². The third-order valence-electron chi connectivity index (χ3n) is 4.13. The molecule has 1 atom stereocenters. The van der Waals surface area contributed by atoms with Crippen LogP contribution in [0.3, 0.4) is 0 Å². The smallest absolute Gasteiger partial charge is 0.158 e. The number of unbranched alkanes of at least 4 members (excludes halogenated alkanes) is 2. The maximum absolute atomic E-state index is 5.56. The molecule has 1 rings (SSSR count). The minimum atomic E-state index is -0.870. The fourth-order valence-corrected chi connectivity index (χ4v) is 8.12. The second-order valence-electron chi connectivity index (χ2n) is 6.21. The first-order valence-electron chi connectivity index (χ1n) is 8.38. The Kier molecular flexibility index (Phi) is 9.95. The summed E-state index contributed by atoms with van der Waals surface area (Å²) in [5.74, 6) is -0.163. The van der Waals surface area contributed by atoms with Gasteiger partial charge in [0.15, 0.2) is 6.29 Å². The van der Waals surface area contributed by atoms with E-state index in [9.17, 15) is 0 Å². The second kappa shape index (κ2) is 10.5. The summed E-state index contributed by atoms with van der Waals surface area (Å²) in [7, 11) is 0. The van der Waals surface area contributed by atoms with Gasteiger partial charge in [-0.25, -0.2) is 0 Å². The summed E-state index contributed by atoms with van der Waals surface area (Å²) in [6.07, 6.45) is 12.1. The molecule has 20 heavy (non-hydrogen) atoms. The zero-order valence-electron chi connectivity index (χ0n) is 13.6. The average Bonchev–Trinajstić information content (AvgIpc) is 2.94. The van der Waals surface area contributed by atoms with Crippen LogP contribution in [0, 0.1) is 5.92 Å². The highest BCUT2D eigenvalue weighted by molar-refractivity contribution is 9.42. The van der Waals surface area contributed by atoms with Crippen LogP contribution in [0.2, 0.25) is 0 Å². The van der Waals surface area contributed by atoms with Crippen molar-refractivity contribution in [3.8, 4) is 0 Å². The molecule has 1 aliphatic heterocycles. The summed E-state index contributed by atoms with van der Waals surface area (Å²) in [4.78, 5) is 0. The Hall–Kier alpha value is 0.830. The molecule has 0 radical (unpaired) electrons. The van der Waals surface area contributed by atoms with Gasteiger partial charge >= 0.3 is 0 Å². The van der Waals surface area contributed by atoms with Gasteiger partial charge < -0.3 is 9.47 Å². The minimum absolute atomic E-state index is 0.0688. The molecule has 2 nitrogen and oxygen atoms in total. The summed E-state index contributed by atoms with van der Waals surface area (Å²) in [5, 5.41) is 0. The molecule has 1 fully saturated rings. The van der Waals surface area contributed by atoms with Crippen LogP contribution in [0.5, 0.6) is 0 Å². The fourth-order valence-electron chi connectivity index (χ4n) is 2.66. The molecule has 4 heteroatoms. The van der Waals surface area contributed by atoms with Gasteiger partial charge in [-0.2, -0.15) is 0 Å². The van der Waals surface area contributed by atoms with Crippen LogP contribution in [0.4, 0.5) is 0 Å². The number of ether oxygens (including phenoxy) is 2. The Morgan fingerprint density at radius 3 is 2.10 bits per heavy atom. The van der Waals surface area contributed by atoms with Crippen LogP contribution in [0.15, 0.2) is 0 Å². The average molecular weight is 368 g/mol. The summed E-state index contributed by atoms with van der Waals surface area (Å²) in [6.45, 7) is 8.50. The highest BCUT2D eigenvalue weighted by atomic mass is 79.9. The van der Waals surface area contributed by atoms with E-state index in [0.29, 0.717) is 5.92 Å². The standard InChI is InChI=1S/C16H33BrO2P/c1-4-6-11-20(17,12-7-5-2)13-8-15(3)14-16-18-9-10-19-16/h15-16H,4-14H2,1-3H3/q+1. The topological polar surface area (TPSA) is 18.5 Å². The first kappa shape index (κ1) is 18.9. The van der Waals surface area contributed by atoms with E-state index in [2.05, 4.69) is 36.3 Å². The van der Waals surface area contributed by atoms with Crippen LogP contribution in [-0.2, 0) is 9.47 Å². The highest BCUT2D eigenvalue weighted by Gasteiger charge is 2.34. The molecule has 1 unspecified atom stereocenters. The number of hydrogen-bond donors (Lipinski definition) is 0. The van der Waals surface area contributed by atoms with Crippen LogP contribution >= 0.6 is 21.5 Å². The van der Waals surface area contributed by atoms with Crippen LogP contribution in [-0.4, -0.2) is 38.0 Å². The molecule has 0 aromatic rings. The van der Waals surface area contributed by atoms with E-state index in [0.717, 1.165) is 19.6 Å². The SMILES string of the molecule is CCCC[P+](Br)(CCCC)CCC(C)CC1OCCO1. The van der Waals surface area contributed by atoms with Crippen molar-refractivity contribution in [3.05, 3.63) is 0 Å². The molecule has 1 heterocycles. The van der Waals surface area contributed by atoms with Crippen molar-refractivity contribution in [1.82, 2.24) is 0 Å². The van der Waals surface area contributed by atoms with Crippen molar-refractivity contribution in [2.45, 2.75) is 65.6 Å². The molecule has 1 aliphatic rings. The third-order valence-corrected chi connectivity index (χ3v) is 10.6. The Morgan fingerprint density at radius 2 is 1.60 bits per heavy atom. The van der Waals surface area contributed by atoms with Gasteiger partial charge in [-0.15, -0.1) is 0 Å². The zero-order valence-corrected chi connectivity index (χ0v) is 16.1. The van der Waals surface area contributed by atoms with Crippen LogP contribution in [0.25, 0.3) is 0 Å². The van der Waals surface area contributed by atoms with Gasteiger partial charge in [0.1, 0.15) is 15.5 Å². The van der Waals surface area contributed by atoms with Crippen LogP contribution in [0.1, 0.15) is 59.3 Å². The lowest BCUT2D eigenvalue weighted by atomic mass is 10.1. The highest BCUT2D eigenvalue weighted by Crippen LogP contribution is 2.68. The summed E-state index contributed by atoms with van der Waals surface area (Å²) in [6, 6.07) is 0. The summed E-state index contributed by atoms with van der Waals surface area (Å²) < 4.78 is 11.1. The van der Waals surface area contributed by atoms with Gasteiger partial charge in [0.25, 0.3) is 0 Å². The van der Waals surface area contributed by atoms with Crippen molar-refractivity contribution < 1.29 is 9.47 Å². The Morgan fingerprint density at radius 1 is 1.05 bits per heavy atom. The monoisotopic (exact) mass is 367 g/mol. The third kappa shape index (κ3) is 7.73. The van der Waals surface area contributed by atoms with Gasteiger partial charge in [0.05, 0.1) is 37.7 Å². The molecule has 0 saturated carbocycles. The van der Waals surface area contributed by atoms with Crippen LogP contribution < -0.4 is 0 Å². The number of rotatable bonds is 11. The maximum Gasteiger partial charge on any atom is 0.158 e. The van der Waals surface area contributed by atoms with E-state index in [1.54, 1.807) is 0 Å². The van der Waals surface area contributed by atoms with Gasteiger partial charge in [-0.05, 0) is 25.2 Å². The van der Waals surface area contributed by atoms with Gasteiger partial charge in [-0.1, -0.05) is 33.6 Å². The zero-order chi connectivity index (χ0) is 14.8. The second-order valence-corrected chi connectivity index (χ2v) is 14.1. The first-order chi connectivity index (χ1) is 9.59. The Bertz CT molecular complexity index is 237. The molecule has 0 amide bonds. The molecule has 0 N–H and O–H groups in total. The number of halogens is 1. The van der Waals surface area contributed by atoms with E-state index in [4.69, 9.17) is 9.47 Å². The molecular weight excluding hydrogens is 335 g/mol. The molecule has 120 valence electrons. The van der Waals surface area contributed by atoms with E-state index >= 15 is 0 Å². The molecule has 0 spiro atoms. The van der Waals surface area contributed by atoms with Crippen molar-refractivity contribution >= 4 is 21.5 Å². The quantitative estimate of drug-likeness (QED) is 0.435. The van der Waals surface area contributed by atoms with Crippen molar-refractivity contribution in [2.75, 3.05) is 31.7 Å². The van der Waals surface area contributed by atoms with Gasteiger partial charge in [-0.3, -0.25) is 0 Å². The Labute approximate surface area is 134 Å². The fraction of sp³-hybridized carbons (Fsp3) is 1.00. The Balaban J connectivity index is 2.31. The lowest BCUT2D eigenvalue weighted by molar-refractivity contribution is -0.0556. The molecule has 1 saturated heterocycles. The molecule has 0 aromatic heterocycles. The lowest BCUT2D eigenvalue weighted by Gasteiger charge is -2.22.